The fourth-order valence-corrected chi connectivity index (χ4v) is 2.64. The second-order valence-corrected chi connectivity index (χ2v) is 6.01. The Hall–Kier alpha value is -2.23. The summed E-state index contributed by atoms with van der Waals surface area (Å²) in [4.78, 5) is 14.4. The molecule has 0 bridgehead atoms. The van der Waals surface area contributed by atoms with Crippen LogP contribution in [0, 0.1) is 11.6 Å². The maximum atomic E-state index is 13.0. The Morgan fingerprint density at radius 1 is 0.913 bits per heavy atom. The first-order valence-electron chi connectivity index (χ1n) is 7.90. The van der Waals surface area contributed by atoms with Crippen LogP contribution in [0.1, 0.15) is 30.4 Å². The highest BCUT2D eigenvalue weighted by Crippen LogP contribution is 2.29. The van der Waals surface area contributed by atoms with Gasteiger partial charge in [0.1, 0.15) is 11.6 Å². The quantitative estimate of drug-likeness (QED) is 0.786. The number of benzene rings is 2. The van der Waals surface area contributed by atoms with Crippen molar-refractivity contribution in [2.45, 2.75) is 38.3 Å². The lowest BCUT2D eigenvalue weighted by Gasteiger charge is -2.22. The van der Waals surface area contributed by atoms with Crippen molar-refractivity contribution < 1.29 is 13.6 Å². The van der Waals surface area contributed by atoms with E-state index in [4.69, 9.17) is 0 Å². The molecule has 1 fully saturated rings. The molecule has 0 spiro atoms. The van der Waals surface area contributed by atoms with Crippen molar-refractivity contribution in [3.05, 3.63) is 71.3 Å². The fourth-order valence-electron chi connectivity index (χ4n) is 2.64. The van der Waals surface area contributed by atoms with Gasteiger partial charge < -0.3 is 4.90 Å². The van der Waals surface area contributed by atoms with Crippen LogP contribution in [0.3, 0.4) is 0 Å². The highest BCUT2D eigenvalue weighted by Gasteiger charge is 2.32. The number of nitrogens with zero attached hydrogens (tertiary/aromatic N) is 1. The third-order valence-corrected chi connectivity index (χ3v) is 4.11. The van der Waals surface area contributed by atoms with E-state index >= 15 is 0 Å². The number of hydrogen-bond donors (Lipinski definition) is 0. The normalized spacial score (nSPS) is 13.8. The molecule has 1 aliphatic carbocycles. The van der Waals surface area contributed by atoms with Crippen LogP contribution in [-0.2, 0) is 17.8 Å². The molecular weight excluding hydrogens is 296 g/mol. The van der Waals surface area contributed by atoms with Gasteiger partial charge in [-0.15, -0.1) is 0 Å². The molecule has 0 aliphatic heterocycles. The number of halogens is 2. The monoisotopic (exact) mass is 315 g/mol. The maximum Gasteiger partial charge on any atom is 0.223 e. The Morgan fingerprint density at radius 2 is 1.43 bits per heavy atom. The lowest BCUT2D eigenvalue weighted by atomic mass is 10.1. The van der Waals surface area contributed by atoms with Crippen LogP contribution in [0.4, 0.5) is 8.78 Å². The van der Waals surface area contributed by atoms with E-state index in [1.807, 2.05) is 4.90 Å². The summed E-state index contributed by atoms with van der Waals surface area (Å²) < 4.78 is 25.9. The summed E-state index contributed by atoms with van der Waals surface area (Å²) in [5.74, 6) is -0.438. The van der Waals surface area contributed by atoms with Gasteiger partial charge in [0.25, 0.3) is 0 Å². The van der Waals surface area contributed by atoms with E-state index in [1.165, 1.54) is 24.3 Å². The van der Waals surface area contributed by atoms with Gasteiger partial charge in [-0.25, -0.2) is 8.78 Å². The van der Waals surface area contributed by atoms with Gasteiger partial charge in [0.15, 0.2) is 0 Å². The molecule has 3 rings (SSSR count). The predicted octanol–water partition coefficient (Wildman–Crippen LogP) is 4.09. The molecule has 23 heavy (non-hydrogen) atoms. The Bertz CT molecular complexity index is 663. The lowest BCUT2D eigenvalue weighted by molar-refractivity contribution is -0.132. The molecule has 0 saturated heterocycles. The summed E-state index contributed by atoms with van der Waals surface area (Å²) in [7, 11) is 0. The molecule has 0 N–H and O–H groups in total. The number of aryl methyl sites for hydroxylation is 1. The van der Waals surface area contributed by atoms with E-state index in [-0.39, 0.29) is 17.5 Å². The fraction of sp³-hybridized carbons (Fsp3) is 0.316. The Morgan fingerprint density at radius 3 is 1.96 bits per heavy atom. The van der Waals surface area contributed by atoms with E-state index in [1.54, 1.807) is 24.3 Å². The minimum absolute atomic E-state index is 0.0983. The highest BCUT2D eigenvalue weighted by atomic mass is 19.1. The summed E-state index contributed by atoms with van der Waals surface area (Å²) in [6.45, 7) is 0.521. The second-order valence-electron chi connectivity index (χ2n) is 6.01. The summed E-state index contributed by atoms with van der Waals surface area (Å²) in [6, 6.07) is 12.8. The third-order valence-electron chi connectivity index (χ3n) is 4.11. The molecule has 2 aromatic carbocycles. The van der Waals surface area contributed by atoms with Crippen molar-refractivity contribution in [2.75, 3.05) is 0 Å². The molecule has 0 unspecified atom stereocenters. The van der Waals surface area contributed by atoms with Crippen LogP contribution in [0.2, 0.25) is 0 Å². The van der Waals surface area contributed by atoms with E-state index < -0.39 is 0 Å². The van der Waals surface area contributed by atoms with E-state index in [0.29, 0.717) is 25.4 Å². The molecule has 2 nitrogen and oxygen atoms in total. The van der Waals surface area contributed by atoms with E-state index in [2.05, 4.69) is 0 Å². The molecular formula is C19H19F2NO. The molecule has 120 valence electrons. The van der Waals surface area contributed by atoms with Gasteiger partial charge in [-0.1, -0.05) is 24.3 Å². The summed E-state index contributed by atoms with van der Waals surface area (Å²) >= 11 is 0. The summed E-state index contributed by atoms with van der Waals surface area (Å²) in [5.41, 5.74) is 1.89. The molecule has 1 amide bonds. The van der Waals surface area contributed by atoms with Crippen molar-refractivity contribution in [1.82, 2.24) is 4.90 Å². The Labute approximate surface area is 134 Å². The third kappa shape index (κ3) is 4.38. The average Bonchev–Trinajstić information content (AvgIpc) is 3.38. The maximum absolute atomic E-state index is 13.0. The van der Waals surface area contributed by atoms with Gasteiger partial charge in [0, 0.05) is 19.0 Å². The number of rotatable bonds is 6. The van der Waals surface area contributed by atoms with Crippen LogP contribution in [0.15, 0.2) is 48.5 Å². The Balaban J connectivity index is 1.60. The first-order chi connectivity index (χ1) is 11.1. The van der Waals surface area contributed by atoms with Gasteiger partial charge in [-0.05, 0) is 54.7 Å². The van der Waals surface area contributed by atoms with Gasteiger partial charge in [-0.3, -0.25) is 4.79 Å². The van der Waals surface area contributed by atoms with Crippen molar-refractivity contribution in [3.8, 4) is 0 Å². The summed E-state index contributed by atoms with van der Waals surface area (Å²) in [5, 5.41) is 0. The molecule has 1 saturated carbocycles. The van der Waals surface area contributed by atoms with Crippen molar-refractivity contribution >= 4 is 5.91 Å². The van der Waals surface area contributed by atoms with Gasteiger partial charge >= 0.3 is 0 Å². The SMILES string of the molecule is O=C(CCc1ccc(F)cc1)N(Cc1ccc(F)cc1)C1CC1. The molecule has 0 radical (unpaired) electrons. The number of hydrogen-bond acceptors (Lipinski definition) is 1. The molecule has 1 aliphatic rings. The molecule has 0 aromatic heterocycles. The van der Waals surface area contributed by atoms with E-state index in [0.717, 1.165) is 24.0 Å². The van der Waals surface area contributed by atoms with E-state index in [9.17, 15) is 13.6 Å². The first kappa shape index (κ1) is 15.7. The number of carbonyl (C=O) groups excluding carboxylic acids is 1. The standard InChI is InChI=1S/C19H19F2NO/c20-16-6-1-14(2-7-16)5-12-19(23)22(18-10-11-18)13-15-3-8-17(21)9-4-15/h1-4,6-9,18H,5,10-13H2. The summed E-state index contributed by atoms with van der Waals surface area (Å²) in [6.07, 6.45) is 3.07. The minimum Gasteiger partial charge on any atom is -0.335 e. The van der Waals surface area contributed by atoms with Crippen LogP contribution in [0.25, 0.3) is 0 Å². The smallest absolute Gasteiger partial charge is 0.223 e. The molecule has 4 heteroatoms. The average molecular weight is 315 g/mol. The number of amides is 1. The largest absolute Gasteiger partial charge is 0.335 e. The topological polar surface area (TPSA) is 20.3 Å². The molecule has 0 atom stereocenters. The van der Waals surface area contributed by atoms with Crippen molar-refractivity contribution in [2.24, 2.45) is 0 Å². The van der Waals surface area contributed by atoms with Gasteiger partial charge in [0.05, 0.1) is 0 Å². The van der Waals surface area contributed by atoms with Crippen molar-refractivity contribution in [1.29, 1.82) is 0 Å². The van der Waals surface area contributed by atoms with Crippen LogP contribution < -0.4 is 0 Å². The van der Waals surface area contributed by atoms with Crippen LogP contribution >= 0.6 is 0 Å². The van der Waals surface area contributed by atoms with Gasteiger partial charge in [-0.2, -0.15) is 0 Å². The predicted molar refractivity (Wildman–Crippen MR) is 84.7 cm³/mol. The highest BCUT2D eigenvalue weighted by molar-refractivity contribution is 5.77. The first-order valence-corrected chi connectivity index (χ1v) is 7.90. The van der Waals surface area contributed by atoms with Gasteiger partial charge in [0.2, 0.25) is 5.91 Å². The zero-order chi connectivity index (χ0) is 16.2. The Kier molecular flexibility index (Phi) is 4.70. The second kappa shape index (κ2) is 6.90. The lowest BCUT2D eigenvalue weighted by Crippen LogP contribution is -2.32. The number of carbonyl (C=O) groups is 1. The van der Waals surface area contributed by atoms with Crippen molar-refractivity contribution in [3.63, 3.8) is 0 Å². The van der Waals surface area contributed by atoms with Crippen LogP contribution in [-0.4, -0.2) is 16.8 Å². The molecule has 2 aromatic rings. The zero-order valence-corrected chi connectivity index (χ0v) is 12.8. The zero-order valence-electron chi connectivity index (χ0n) is 12.8. The minimum atomic E-state index is -0.269. The van der Waals surface area contributed by atoms with Crippen LogP contribution in [0.5, 0.6) is 0 Å². The molecule has 0 heterocycles.